The number of carbonyl (C=O) groups excluding carboxylic acids is 1. The van der Waals surface area contributed by atoms with Crippen LogP contribution in [-0.4, -0.2) is 22.2 Å². The Morgan fingerprint density at radius 1 is 1.57 bits per heavy atom. The summed E-state index contributed by atoms with van der Waals surface area (Å²) in [5.74, 6) is -0.713. The molecule has 4 heteroatoms. The highest BCUT2D eigenvalue weighted by atomic mass is 16.3. The minimum atomic E-state index is -1.25. The predicted molar refractivity (Wildman–Crippen MR) is 51.7 cm³/mol. The Morgan fingerprint density at radius 3 is 2.71 bits per heavy atom. The highest BCUT2D eigenvalue weighted by molar-refractivity contribution is 5.78. The first-order chi connectivity index (χ1) is 6.50. The smallest absolute Gasteiger partial charge is 0.246 e. The summed E-state index contributed by atoms with van der Waals surface area (Å²) in [5, 5.41) is 18.6. The van der Waals surface area contributed by atoms with Crippen LogP contribution >= 0.6 is 0 Å². The lowest BCUT2D eigenvalue weighted by Gasteiger charge is -2.08. The van der Waals surface area contributed by atoms with Gasteiger partial charge in [0, 0.05) is 6.42 Å². The zero-order valence-corrected chi connectivity index (χ0v) is 7.90. The van der Waals surface area contributed by atoms with Gasteiger partial charge in [0.25, 0.3) is 0 Å². The number of rotatable bonds is 3. The fraction of sp³-hybridized carbons (Fsp3) is 0.300. The van der Waals surface area contributed by atoms with Crippen molar-refractivity contribution in [2.75, 3.05) is 0 Å². The Kier molecular flexibility index (Phi) is 3.09. The molecule has 4 nitrogen and oxygen atoms in total. The molecule has 0 aliphatic heterocycles. The average Bonchev–Trinajstić information content (AvgIpc) is 2.09. The standard InChI is InChI=1S/C10H13NO3/c1-6-2-3-7(8(12)4-6)5-9(13)10(11)14/h2-4,9,12-13H,5H2,1H3,(H2,11,14). The first-order valence-electron chi connectivity index (χ1n) is 4.26. The second kappa shape index (κ2) is 4.11. The zero-order valence-electron chi connectivity index (χ0n) is 7.90. The van der Waals surface area contributed by atoms with E-state index in [1.165, 1.54) is 0 Å². The van der Waals surface area contributed by atoms with Crippen LogP contribution in [-0.2, 0) is 11.2 Å². The van der Waals surface area contributed by atoms with Gasteiger partial charge < -0.3 is 15.9 Å². The van der Waals surface area contributed by atoms with E-state index >= 15 is 0 Å². The molecule has 1 aromatic carbocycles. The van der Waals surface area contributed by atoms with E-state index in [0.717, 1.165) is 5.56 Å². The van der Waals surface area contributed by atoms with Gasteiger partial charge in [0.2, 0.25) is 5.91 Å². The van der Waals surface area contributed by atoms with Crippen molar-refractivity contribution in [2.24, 2.45) is 5.73 Å². The molecule has 0 aliphatic rings. The molecule has 0 saturated carbocycles. The van der Waals surface area contributed by atoms with Crippen molar-refractivity contribution in [3.05, 3.63) is 29.3 Å². The largest absolute Gasteiger partial charge is 0.508 e. The Labute approximate surface area is 82.0 Å². The first-order valence-corrected chi connectivity index (χ1v) is 4.26. The van der Waals surface area contributed by atoms with Crippen LogP contribution in [0.3, 0.4) is 0 Å². The predicted octanol–water partition coefficient (Wildman–Crippen LogP) is 0.0893. The number of primary amides is 1. The number of benzene rings is 1. The number of aryl methyl sites for hydroxylation is 1. The topological polar surface area (TPSA) is 83.5 Å². The number of aromatic hydroxyl groups is 1. The molecule has 76 valence electrons. The van der Waals surface area contributed by atoms with E-state index in [0.29, 0.717) is 5.56 Å². The van der Waals surface area contributed by atoms with Gasteiger partial charge in [-0.3, -0.25) is 4.79 Å². The van der Waals surface area contributed by atoms with Gasteiger partial charge in [0.05, 0.1) is 0 Å². The molecule has 14 heavy (non-hydrogen) atoms. The minimum Gasteiger partial charge on any atom is -0.508 e. The third-order valence-corrected chi connectivity index (χ3v) is 1.98. The van der Waals surface area contributed by atoms with E-state index in [9.17, 15) is 15.0 Å². The van der Waals surface area contributed by atoms with Crippen molar-refractivity contribution in [2.45, 2.75) is 19.4 Å². The quantitative estimate of drug-likeness (QED) is 0.639. The molecule has 0 radical (unpaired) electrons. The number of carbonyl (C=O) groups is 1. The summed E-state index contributed by atoms with van der Waals surface area (Å²) in [4.78, 5) is 10.6. The van der Waals surface area contributed by atoms with Gasteiger partial charge >= 0.3 is 0 Å². The average molecular weight is 195 g/mol. The number of aliphatic hydroxyl groups excluding tert-OH is 1. The number of phenolic OH excluding ortho intramolecular Hbond substituents is 1. The molecule has 0 aromatic heterocycles. The van der Waals surface area contributed by atoms with Gasteiger partial charge in [-0.25, -0.2) is 0 Å². The SMILES string of the molecule is Cc1ccc(CC(O)C(N)=O)c(O)c1. The van der Waals surface area contributed by atoms with Crippen molar-refractivity contribution in [1.82, 2.24) is 0 Å². The van der Waals surface area contributed by atoms with Crippen LogP contribution in [0.2, 0.25) is 0 Å². The van der Waals surface area contributed by atoms with Gasteiger partial charge in [-0.2, -0.15) is 0 Å². The molecule has 0 heterocycles. The number of hydrogen-bond acceptors (Lipinski definition) is 3. The number of amides is 1. The zero-order chi connectivity index (χ0) is 10.7. The third-order valence-electron chi connectivity index (χ3n) is 1.98. The van der Waals surface area contributed by atoms with Crippen LogP contribution < -0.4 is 5.73 Å². The highest BCUT2D eigenvalue weighted by Gasteiger charge is 2.13. The van der Waals surface area contributed by atoms with Gasteiger partial charge in [0.15, 0.2) is 0 Å². The lowest BCUT2D eigenvalue weighted by Crippen LogP contribution is -2.30. The van der Waals surface area contributed by atoms with Gasteiger partial charge in [0.1, 0.15) is 11.9 Å². The number of hydrogen-bond donors (Lipinski definition) is 3. The molecule has 0 fully saturated rings. The molecule has 1 unspecified atom stereocenters. The van der Waals surface area contributed by atoms with Crippen molar-refractivity contribution in [3.63, 3.8) is 0 Å². The minimum absolute atomic E-state index is 0.0431. The second-order valence-corrected chi connectivity index (χ2v) is 3.25. The normalized spacial score (nSPS) is 12.4. The van der Waals surface area contributed by atoms with E-state index in [1.807, 2.05) is 6.92 Å². The molecule has 0 saturated heterocycles. The molecule has 1 aromatic rings. The lowest BCUT2D eigenvalue weighted by atomic mass is 10.0. The molecular weight excluding hydrogens is 182 g/mol. The third kappa shape index (κ3) is 2.47. The summed E-state index contributed by atoms with van der Waals surface area (Å²) in [7, 11) is 0. The highest BCUT2D eigenvalue weighted by Crippen LogP contribution is 2.19. The molecule has 1 atom stereocenters. The maximum Gasteiger partial charge on any atom is 0.246 e. The van der Waals surface area contributed by atoms with E-state index < -0.39 is 12.0 Å². The van der Waals surface area contributed by atoms with Gasteiger partial charge in [-0.1, -0.05) is 12.1 Å². The summed E-state index contributed by atoms with van der Waals surface area (Å²) in [6.45, 7) is 1.84. The summed E-state index contributed by atoms with van der Waals surface area (Å²) in [6.07, 6.45) is -1.20. The van der Waals surface area contributed by atoms with E-state index in [2.05, 4.69) is 0 Å². The summed E-state index contributed by atoms with van der Waals surface area (Å²) < 4.78 is 0. The monoisotopic (exact) mass is 195 g/mol. The van der Waals surface area contributed by atoms with Gasteiger partial charge in [-0.05, 0) is 24.1 Å². The van der Waals surface area contributed by atoms with E-state index in [-0.39, 0.29) is 12.2 Å². The summed E-state index contributed by atoms with van der Waals surface area (Å²) in [6, 6.07) is 5.03. The molecule has 1 rings (SSSR count). The summed E-state index contributed by atoms with van der Waals surface area (Å²) in [5.41, 5.74) is 6.33. The fourth-order valence-electron chi connectivity index (χ4n) is 1.16. The van der Waals surface area contributed by atoms with Gasteiger partial charge in [-0.15, -0.1) is 0 Å². The molecule has 0 bridgehead atoms. The molecule has 4 N–H and O–H groups in total. The Balaban J connectivity index is 2.82. The van der Waals surface area contributed by atoms with Crippen LogP contribution in [0, 0.1) is 6.92 Å². The Hall–Kier alpha value is -1.55. The fourth-order valence-corrected chi connectivity index (χ4v) is 1.16. The Morgan fingerprint density at radius 2 is 2.21 bits per heavy atom. The molecule has 1 amide bonds. The van der Waals surface area contributed by atoms with Crippen molar-refractivity contribution in [1.29, 1.82) is 0 Å². The summed E-state index contributed by atoms with van der Waals surface area (Å²) >= 11 is 0. The lowest BCUT2D eigenvalue weighted by molar-refractivity contribution is -0.125. The Bertz CT molecular complexity index is 349. The van der Waals surface area contributed by atoms with Crippen LogP contribution in [0.15, 0.2) is 18.2 Å². The van der Waals surface area contributed by atoms with Crippen LogP contribution in [0.25, 0.3) is 0 Å². The van der Waals surface area contributed by atoms with Crippen LogP contribution in [0.1, 0.15) is 11.1 Å². The maximum absolute atomic E-state index is 10.6. The maximum atomic E-state index is 10.6. The first kappa shape index (κ1) is 10.5. The van der Waals surface area contributed by atoms with Crippen LogP contribution in [0.5, 0.6) is 5.75 Å². The molecule has 0 aliphatic carbocycles. The second-order valence-electron chi connectivity index (χ2n) is 3.25. The van der Waals surface area contributed by atoms with Crippen LogP contribution in [0.4, 0.5) is 0 Å². The number of nitrogens with two attached hydrogens (primary N) is 1. The number of aliphatic hydroxyl groups is 1. The van der Waals surface area contributed by atoms with Crippen molar-refractivity contribution in [3.8, 4) is 5.75 Å². The number of phenols is 1. The van der Waals surface area contributed by atoms with Crippen molar-refractivity contribution < 1.29 is 15.0 Å². The van der Waals surface area contributed by atoms with E-state index in [1.54, 1.807) is 18.2 Å². The van der Waals surface area contributed by atoms with E-state index in [4.69, 9.17) is 5.73 Å². The molecular formula is C10H13NO3. The molecule has 0 spiro atoms. The van der Waals surface area contributed by atoms with Crippen molar-refractivity contribution >= 4 is 5.91 Å².